The monoisotopic (exact) mass is 536 g/mol. The highest BCUT2D eigenvalue weighted by Crippen LogP contribution is 2.40. The van der Waals surface area contributed by atoms with E-state index >= 15 is 0 Å². The first-order valence-electron chi connectivity index (χ1n) is 12.4. The topological polar surface area (TPSA) is 131 Å². The standard InChI is InChI=1S/C27H26F2N6O4/c1-14(2)6-22(34(3)24(36)20-9-17-18(29)7-15(28)8-19(17)32-20)25(37)35-13-27(10-16(35)11-30)26(38)33-21-12-31-5-4-23(21)39-27/h4-5,7-9,12,14,16,22,32H,6,10,13H2,1-3H3,(H,33,38)/t16-,22?,27+/m0/s1. The van der Waals surface area contributed by atoms with Gasteiger partial charge in [-0.15, -0.1) is 0 Å². The number of likely N-dealkylation sites (tertiary alicyclic amines) is 1. The van der Waals surface area contributed by atoms with Gasteiger partial charge in [0.05, 0.1) is 24.3 Å². The molecular weight excluding hydrogens is 510 g/mol. The normalized spacial score (nSPS) is 20.9. The van der Waals surface area contributed by atoms with E-state index in [1.54, 1.807) is 6.07 Å². The van der Waals surface area contributed by atoms with Gasteiger partial charge in [-0.1, -0.05) is 13.8 Å². The number of likely N-dealkylation sites (N-methyl/N-ethyl adjacent to an activating group) is 1. The zero-order valence-electron chi connectivity index (χ0n) is 21.5. The summed E-state index contributed by atoms with van der Waals surface area (Å²) in [6.07, 6.45) is 3.16. The van der Waals surface area contributed by atoms with Crippen LogP contribution in [-0.4, -0.2) is 68.8 Å². The van der Waals surface area contributed by atoms with Gasteiger partial charge in [-0.05, 0) is 24.5 Å². The van der Waals surface area contributed by atoms with Crippen molar-refractivity contribution in [3.8, 4) is 11.8 Å². The quantitative estimate of drug-likeness (QED) is 0.515. The molecule has 202 valence electrons. The predicted molar refractivity (Wildman–Crippen MR) is 136 cm³/mol. The molecule has 2 aromatic heterocycles. The number of hydrogen-bond acceptors (Lipinski definition) is 6. The number of carbonyl (C=O) groups excluding carboxylic acids is 3. The molecule has 0 aliphatic carbocycles. The van der Waals surface area contributed by atoms with Gasteiger partial charge >= 0.3 is 0 Å². The van der Waals surface area contributed by atoms with Crippen LogP contribution in [0.1, 0.15) is 37.2 Å². The first kappa shape index (κ1) is 26.1. The van der Waals surface area contributed by atoms with Gasteiger partial charge in [0.2, 0.25) is 11.5 Å². The minimum atomic E-state index is -1.48. The van der Waals surface area contributed by atoms with E-state index in [9.17, 15) is 28.4 Å². The maximum absolute atomic E-state index is 14.2. The molecule has 1 aromatic carbocycles. The lowest BCUT2D eigenvalue weighted by molar-refractivity contribution is -0.138. The number of aromatic amines is 1. The third kappa shape index (κ3) is 4.54. The minimum absolute atomic E-state index is 0.0193. The fourth-order valence-electron chi connectivity index (χ4n) is 5.18. The van der Waals surface area contributed by atoms with Crippen LogP contribution in [0.2, 0.25) is 0 Å². The Balaban J connectivity index is 1.44. The molecule has 10 nitrogen and oxygen atoms in total. The SMILES string of the molecule is CC(C)CC(C(=O)N1C[C@@]2(C[C@H]1C#N)Oc1ccncc1NC2=O)N(C)C(=O)c1cc2c(F)cc(F)cc2[nH]1. The predicted octanol–water partition coefficient (Wildman–Crippen LogP) is 3.22. The highest BCUT2D eigenvalue weighted by Gasteiger charge is 2.56. The maximum Gasteiger partial charge on any atom is 0.270 e. The zero-order valence-corrected chi connectivity index (χ0v) is 21.5. The zero-order chi connectivity index (χ0) is 28.1. The first-order valence-corrected chi connectivity index (χ1v) is 12.4. The van der Waals surface area contributed by atoms with Crippen molar-refractivity contribution in [1.82, 2.24) is 19.8 Å². The molecule has 3 aromatic rings. The van der Waals surface area contributed by atoms with Crippen molar-refractivity contribution in [3.05, 3.63) is 54.0 Å². The Bertz CT molecular complexity index is 1530. The molecule has 1 unspecified atom stereocenters. The van der Waals surface area contributed by atoms with Crippen LogP contribution in [0.4, 0.5) is 14.5 Å². The van der Waals surface area contributed by atoms with Gasteiger partial charge < -0.3 is 24.8 Å². The number of benzene rings is 1. The average molecular weight is 537 g/mol. The molecular formula is C27H26F2N6O4. The lowest BCUT2D eigenvalue weighted by Gasteiger charge is -2.35. The van der Waals surface area contributed by atoms with E-state index in [1.165, 1.54) is 35.3 Å². The summed E-state index contributed by atoms with van der Waals surface area (Å²) >= 11 is 0. The summed E-state index contributed by atoms with van der Waals surface area (Å²) in [5, 5.41) is 12.7. The molecule has 2 aliphatic rings. The van der Waals surface area contributed by atoms with Gasteiger partial charge in [-0.3, -0.25) is 19.4 Å². The third-order valence-corrected chi connectivity index (χ3v) is 7.16. The molecule has 1 saturated heterocycles. The highest BCUT2D eigenvalue weighted by atomic mass is 19.1. The van der Waals surface area contributed by atoms with Crippen LogP contribution in [0.25, 0.3) is 10.9 Å². The van der Waals surface area contributed by atoms with Gasteiger partial charge in [-0.25, -0.2) is 8.78 Å². The summed E-state index contributed by atoms with van der Waals surface area (Å²) in [6.45, 7) is 3.58. The van der Waals surface area contributed by atoms with Crippen molar-refractivity contribution < 1.29 is 27.9 Å². The number of aromatic nitrogens is 2. The molecule has 2 aliphatic heterocycles. The Morgan fingerprint density at radius 3 is 2.82 bits per heavy atom. The fraction of sp³-hybridized carbons (Fsp3) is 0.370. The molecule has 39 heavy (non-hydrogen) atoms. The van der Waals surface area contributed by atoms with Crippen molar-refractivity contribution in [2.24, 2.45) is 5.92 Å². The van der Waals surface area contributed by atoms with E-state index in [0.717, 1.165) is 12.1 Å². The van der Waals surface area contributed by atoms with Crippen molar-refractivity contribution in [2.45, 2.75) is 44.4 Å². The minimum Gasteiger partial charge on any atom is -0.473 e. The number of ether oxygens (including phenoxy) is 1. The summed E-state index contributed by atoms with van der Waals surface area (Å²) in [5.41, 5.74) is -0.996. The van der Waals surface area contributed by atoms with Crippen molar-refractivity contribution in [1.29, 1.82) is 5.26 Å². The van der Waals surface area contributed by atoms with Crippen molar-refractivity contribution in [3.63, 3.8) is 0 Å². The van der Waals surface area contributed by atoms with Crippen LogP contribution >= 0.6 is 0 Å². The Labute approximate surface area is 222 Å². The van der Waals surface area contributed by atoms with Crippen LogP contribution in [0.5, 0.6) is 5.75 Å². The van der Waals surface area contributed by atoms with Crippen LogP contribution in [0.15, 0.2) is 36.7 Å². The number of rotatable bonds is 5. The smallest absolute Gasteiger partial charge is 0.270 e. The summed E-state index contributed by atoms with van der Waals surface area (Å²) in [6, 6.07) is 4.78. The number of anilines is 1. The van der Waals surface area contributed by atoms with E-state index in [1.807, 2.05) is 13.8 Å². The molecule has 0 radical (unpaired) electrons. The van der Waals surface area contributed by atoms with Crippen molar-refractivity contribution >= 4 is 34.3 Å². The molecule has 12 heteroatoms. The third-order valence-electron chi connectivity index (χ3n) is 7.16. The maximum atomic E-state index is 14.2. The van der Waals surface area contributed by atoms with Gasteiger partial charge in [0, 0.05) is 37.2 Å². The van der Waals surface area contributed by atoms with Gasteiger partial charge in [0.1, 0.15) is 40.8 Å². The second-order valence-corrected chi connectivity index (χ2v) is 10.3. The molecule has 0 bridgehead atoms. The number of hydrogen-bond donors (Lipinski definition) is 2. The number of fused-ring (bicyclic) bond motifs is 2. The second-order valence-electron chi connectivity index (χ2n) is 10.3. The van der Waals surface area contributed by atoms with E-state index < -0.39 is 47.0 Å². The van der Waals surface area contributed by atoms with E-state index in [2.05, 4.69) is 21.4 Å². The number of pyridine rings is 1. The Kier molecular flexibility index (Phi) is 6.46. The number of H-pyrrole nitrogens is 1. The molecule has 1 spiro atoms. The van der Waals surface area contributed by atoms with Gasteiger partial charge in [-0.2, -0.15) is 5.26 Å². The highest BCUT2D eigenvalue weighted by molar-refractivity contribution is 6.03. The van der Waals surface area contributed by atoms with E-state index in [0.29, 0.717) is 11.4 Å². The number of nitrogens with one attached hydrogen (secondary N) is 2. The Morgan fingerprint density at radius 2 is 2.10 bits per heavy atom. The number of amides is 3. The number of carbonyl (C=O) groups is 3. The Morgan fingerprint density at radius 1 is 1.33 bits per heavy atom. The molecule has 3 atom stereocenters. The van der Waals surface area contributed by atoms with Gasteiger partial charge in [0.25, 0.3) is 11.8 Å². The lowest BCUT2D eigenvalue weighted by Crippen LogP contribution is -2.55. The van der Waals surface area contributed by atoms with Crippen LogP contribution in [-0.2, 0) is 9.59 Å². The van der Waals surface area contributed by atoms with Crippen LogP contribution in [0.3, 0.4) is 0 Å². The summed E-state index contributed by atoms with van der Waals surface area (Å²) in [5.74, 6) is -2.87. The first-order chi connectivity index (χ1) is 18.5. The van der Waals surface area contributed by atoms with Gasteiger partial charge in [0.15, 0.2) is 0 Å². The number of nitrogens with zero attached hydrogens (tertiary/aromatic N) is 4. The van der Waals surface area contributed by atoms with Crippen LogP contribution < -0.4 is 10.1 Å². The fourth-order valence-corrected chi connectivity index (χ4v) is 5.18. The van der Waals surface area contributed by atoms with E-state index in [-0.39, 0.29) is 41.9 Å². The summed E-state index contributed by atoms with van der Waals surface area (Å²) in [4.78, 5) is 49.7. The van der Waals surface area contributed by atoms with Crippen LogP contribution in [0, 0.1) is 28.9 Å². The molecule has 0 saturated carbocycles. The number of nitriles is 1. The average Bonchev–Trinajstić information content (AvgIpc) is 3.49. The summed E-state index contributed by atoms with van der Waals surface area (Å²) < 4.78 is 34.0. The summed E-state index contributed by atoms with van der Waals surface area (Å²) in [7, 11) is 1.44. The molecule has 5 rings (SSSR count). The van der Waals surface area contributed by atoms with Crippen molar-refractivity contribution in [2.75, 3.05) is 18.9 Å². The number of halogens is 2. The molecule has 2 N–H and O–H groups in total. The second kappa shape index (κ2) is 9.65. The Hall–Kier alpha value is -4.53. The molecule has 1 fully saturated rings. The lowest BCUT2D eigenvalue weighted by atomic mass is 9.97. The molecule has 4 heterocycles. The largest absolute Gasteiger partial charge is 0.473 e. The van der Waals surface area contributed by atoms with E-state index in [4.69, 9.17) is 4.74 Å². The molecule has 3 amide bonds.